The fraction of sp³-hybridized carbons (Fsp3) is 0.712. The van der Waals surface area contributed by atoms with E-state index >= 15 is 0 Å². The maximum atomic E-state index is 12.9. The fourth-order valence-electron chi connectivity index (χ4n) is 8.25. The van der Waals surface area contributed by atoms with Crippen LogP contribution in [0.4, 0.5) is 0 Å². The molecule has 0 saturated heterocycles. The van der Waals surface area contributed by atoms with Crippen LogP contribution in [0, 0.1) is 0 Å². The van der Waals surface area contributed by atoms with Gasteiger partial charge in [0, 0.05) is 19.3 Å². The zero-order chi connectivity index (χ0) is 56.9. The number of carbonyl (C=O) groups is 3. The quantitative estimate of drug-likeness (QED) is 0.0197. The maximum Gasteiger partial charge on any atom is 0.472 e. The number of esters is 3. The minimum absolute atomic E-state index is 0.0375. The van der Waals surface area contributed by atoms with E-state index < -0.39 is 57.8 Å². The first kappa shape index (κ1) is 74.4. The number of allylic oxidation sites excluding steroid dienone is 16. The highest BCUT2D eigenvalue weighted by molar-refractivity contribution is 7.47. The average Bonchev–Trinajstić information content (AvgIpc) is 3.43. The highest BCUT2D eigenvalue weighted by atomic mass is 31.2. The lowest BCUT2D eigenvalue weighted by molar-refractivity contribution is -0.161. The molecule has 3 unspecified atom stereocenters. The van der Waals surface area contributed by atoms with E-state index in [1.165, 1.54) is 103 Å². The van der Waals surface area contributed by atoms with Crippen LogP contribution in [-0.4, -0.2) is 66.5 Å². The summed E-state index contributed by atoms with van der Waals surface area (Å²) in [5.41, 5.74) is 0. The predicted octanol–water partition coefficient (Wildman–Crippen LogP) is 18.8. The summed E-state index contributed by atoms with van der Waals surface area (Å²) in [4.78, 5) is 48.6. The lowest BCUT2D eigenvalue weighted by Gasteiger charge is -2.21. The van der Waals surface area contributed by atoms with E-state index in [1.54, 1.807) is 0 Å². The van der Waals surface area contributed by atoms with E-state index in [9.17, 15) is 28.9 Å². The van der Waals surface area contributed by atoms with Gasteiger partial charge in [0.25, 0.3) is 0 Å². The van der Waals surface area contributed by atoms with Crippen molar-refractivity contribution in [2.75, 3.05) is 26.4 Å². The molecular weight excluding hydrogens is 1000 g/mol. The van der Waals surface area contributed by atoms with Gasteiger partial charge in [-0.3, -0.25) is 23.4 Å². The number of carbonyl (C=O) groups excluding carboxylic acids is 3. The Labute approximate surface area is 476 Å². The largest absolute Gasteiger partial charge is 0.472 e. The number of aliphatic hydroxyl groups is 1. The molecule has 0 radical (unpaired) electrons. The molecule has 0 spiro atoms. The van der Waals surface area contributed by atoms with Crippen LogP contribution in [0.3, 0.4) is 0 Å². The van der Waals surface area contributed by atoms with E-state index in [0.29, 0.717) is 25.7 Å². The Bertz CT molecular complexity index is 1680. The lowest BCUT2D eigenvalue weighted by atomic mass is 10.1. The third-order valence-corrected chi connectivity index (χ3v) is 13.9. The number of ether oxygens (including phenoxy) is 3. The summed E-state index contributed by atoms with van der Waals surface area (Å²) < 4.78 is 39.5. The van der Waals surface area contributed by atoms with Gasteiger partial charge in [-0.15, -0.1) is 0 Å². The number of phosphoric ester groups is 1. The van der Waals surface area contributed by atoms with E-state index in [2.05, 4.69) is 106 Å². The second-order valence-corrected chi connectivity index (χ2v) is 21.9. The molecular formula is C66H113O11P. The highest BCUT2D eigenvalue weighted by Gasteiger charge is 2.28. The zero-order valence-electron chi connectivity index (χ0n) is 49.6. The molecule has 0 aromatic heterocycles. The smallest absolute Gasteiger partial charge is 0.462 e. The minimum Gasteiger partial charge on any atom is -0.462 e. The van der Waals surface area contributed by atoms with Gasteiger partial charge >= 0.3 is 25.7 Å². The van der Waals surface area contributed by atoms with Crippen LogP contribution < -0.4 is 0 Å². The van der Waals surface area contributed by atoms with E-state index in [-0.39, 0.29) is 25.9 Å². The second kappa shape index (κ2) is 59.5. The van der Waals surface area contributed by atoms with Gasteiger partial charge in [-0.05, 0) is 109 Å². The lowest BCUT2D eigenvalue weighted by Crippen LogP contribution is -2.30. The summed E-state index contributed by atoms with van der Waals surface area (Å²) in [7, 11) is -4.78. The molecule has 0 aliphatic rings. The van der Waals surface area contributed by atoms with Gasteiger partial charge in [0.1, 0.15) is 12.7 Å². The molecule has 78 heavy (non-hydrogen) atoms. The summed E-state index contributed by atoms with van der Waals surface area (Å²) in [5, 5.41) is 9.84. The molecule has 2 N–H and O–H groups in total. The molecule has 0 aliphatic heterocycles. The Morgan fingerprint density at radius 3 is 1.10 bits per heavy atom. The van der Waals surface area contributed by atoms with Crippen molar-refractivity contribution in [2.24, 2.45) is 0 Å². The molecule has 0 saturated carbocycles. The summed E-state index contributed by atoms with van der Waals surface area (Å²) in [6.45, 7) is 4.44. The number of phosphoric acid groups is 1. The number of rotatable bonds is 57. The molecule has 0 fully saturated rings. The molecule has 448 valence electrons. The van der Waals surface area contributed by atoms with Gasteiger partial charge in [-0.2, -0.15) is 0 Å². The van der Waals surface area contributed by atoms with Crippen LogP contribution in [0.25, 0.3) is 0 Å². The van der Waals surface area contributed by atoms with Gasteiger partial charge < -0.3 is 24.2 Å². The van der Waals surface area contributed by atoms with Gasteiger partial charge in [-0.1, -0.05) is 234 Å². The first-order chi connectivity index (χ1) is 38.2. The molecule has 0 aromatic rings. The standard InChI is InChI=1S/C66H113O11P/c1-4-7-10-13-16-19-22-25-28-30-31-33-36-39-42-45-48-51-54-57-66(70)77-63(59-73-64(68)55-52-49-46-43-40-37-34-27-24-21-18-15-12-9-6-3)61-75-78(71,72)74-60-62(58-67)76-65(69)56-53-50-47-44-41-38-35-32-29-26-23-20-17-14-11-8-5-2/h7,10,16,19,25-29,31,33-34,39,42,48,51,62-63,67H,4-6,8-9,11-15,17-18,20-24,30,32,35-38,40-41,43-47,49-50,52-61H2,1-3H3,(H,71,72)/b10-7-,19-16-,28-25-,29-26-,33-31-,34-27-,42-39-,51-48-. The number of hydrogen-bond donors (Lipinski definition) is 2. The Morgan fingerprint density at radius 1 is 0.372 bits per heavy atom. The molecule has 0 bridgehead atoms. The van der Waals surface area contributed by atoms with E-state index in [4.69, 9.17) is 23.3 Å². The van der Waals surface area contributed by atoms with Gasteiger partial charge in [-0.25, -0.2) is 4.57 Å². The Hall–Kier alpha value is -3.60. The number of unbranched alkanes of at least 4 members (excludes halogenated alkanes) is 24. The van der Waals surface area contributed by atoms with Gasteiger partial charge in [0.05, 0.1) is 19.8 Å². The Balaban J connectivity index is 4.81. The monoisotopic (exact) mass is 1110 g/mol. The SMILES string of the molecule is CC/C=C\C/C=C\C/C=C\C/C=C\C/C=C\C/C=C\CCC(=O)OC(COC(=O)CCCCCCC/C=C\CCCCCCCC)COP(=O)(O)OCC(CO)OC(=O)CCCCCCCCC/C=C\CCCCCCCC. The fourth-order valence-corrected chi connectivity index (χ4v) is 9.04. The topological polar surface area (TPSA) is 155 Å². The molecule has 0 amide bonds. The maximum absolute atomic E-state index is 12.9. The molecule has 3 atom stereocenters. The van der Waals surface area contributed by atoms with Crippen LogP contribution >= 0.6 is 7.82 Å². The van der Waals surface area contributed by atoms with Crippen molar-refractivity contribution in [3.63, 3.8) is 0 Å². The van der Waals surface area contributed by atoms with Crippen LogP contribution in [0.15, 0.2) is 97.2 Å². The third-order valence-electron chi connectivity index (χ3n) is 13.0. The number of aliphatic hydroxyl groups excluding tert-OH is 1. The summed E-state index contributed by atoms with van der Waals surface area (Å²) in [5.74, 6) is -1.58. The van der Waals surface area contributed by atoms with Crippen molar-refractivity contribution < 1.29 is 52.2 Å². The summed E-state index contributed by atoms with van der Waals surface area (Å²) >= 11 is 0. The zero-order valence-corrected chi connectivity index (χ0v) is 50.5. The van der Waals surface area contributed by atoms with Crippen LogP contribution in [-0.2, 0) is 42.2 Å². The molecule has 0 rings (SSSR count). The van der Waals surface area contributed by atoms with Gasteiger partial charge in [0.2, 0.25) is 0 Å². The van der Waals surface area contributed by atoms with Gasteiger partial charge in [0.15, 0.2) is 6.10 Å². The van der Waals surface area contributed by atoms with Crippen LogP contribution in [0.2, 0.25) is 0 Å². The van der Waals surface area contributed by atoms with E-state index in [0.717, 1.165) is 96.3 Å². The molecule has 0 aromatic carbocycles. The number of hydrogen-bond acceptors (Lipinski definition) is 10. The third kappa shape index (κ3) is 57.1. The highest BCUT2D eigenvalue weighted by Crippen LogP contribution is 2.43. The second-order valence-electron chi connectivity index (χ2n) is 20.5. The average molecular weight is 1110 g/mol. The Morgan fingerprint density at radius 2 is 0.692 bits per heavy atom. The molecule has 0 heterocycles. The van der Waals surface area contributed by atoms with Crippen molar-refractivity contribution >= 4 is 25.7 Å². The van der Waals surface area contributed by atoms with Crippen LogP contribution in [0.5, 0.6) is 0 Å². The molecule has 12 heteroatoms. The van der Waals surface area contributed by atoms with Crippen molar-refractivity contribution in [2.45, 2.75) is 277 Å². The first-order valence-electron chi connectivity index (χ1n) is 31.1. The van der Waals surface area contributed by atoms with Crippen LogP contribution in [0.1, 0.15) is 265 Å². The minimum atomic E-state index is -4.78. The molecule has 11 nitrogen and oxygen atoms in total. The normalized spacial score (nSPS) is 14.0. The van der Waals surface area contributed by atoms with E-state index in [1.807, 2.05) is 12.2 Å². The summed E-state index contributed by atoms with van der Waals surface area (Å²) in [6, 6.07) is 0. The van der Waals surface area contributed by atoms with Crippen molar-refractivity contribution in [1.82, 2.24) is 0 Å². The first-order valence-corrected chi connectivity index (χ1v) is 32.6. The molecule has 0 aliphatic carbocycles. The van der Waals surface area contributed by atoms with Crippen molar-refractivity contribution in [1.29, 1.82) is 0 Å². The van der Waals surface area contributed by atoms with Crippen molar-refractivity contribution in [3.05, 3.63) is 97.2 Å². The predicted molar refractivity (Wildman–Crippen MR) is 325 cm³/mol. The summed E-state index contributed by atoms with van der Waals surface area (Å²) in [6.07, 6.45) is 70.9. The van der Waals surface area contributed by atoms with Crippen molar-refractivity contribution in [3.8, 4) is 0 Å². The Kier molecular flexibility index (Phi) is 56.8.